The fourth-order valence-electron chi connectivity index (χ4n) is 1.24. The van der Waals surface area contributed by atoms with Gasteiger partial charge >= 0.3 is 12.6 Å². The second-order valence-corrected chi connectivity index (χ2v) is 2.85. The van der Waals surface area contributed by atoms with Crippen LogP contribution in [0.4, 0.5) is 14.5 Å². The number of alkyl halides is 2. The van der Waals surface area contributed by atoms with Gasteiger partial charge in [0.05, 0.1) is 11.4 Å². The lowest BCUT2D eigenvalue weighted by Gasteiger charge is -2.03. The first-order valence-electron chi connectivity index (χ1n) is 4.27. The fraction of sp³-hybridized carbons (Fsp3) is 0.500. The van der Waals surface area contributed by atoms with E-state index in [1.165, 1.54) is 7.05 Å². The van der Waals surface area contributed by atoms with Crippen molar-refractivity contribution in [3.8, 4) is 0 Å². The summed E-state index contributed by atoms with van der Waals surface area (Å²) in [5, 5.41) is 3.90. The molecule has 0 aliphatic rings. The number of esters is 1. The molecular weight excluding hydrogens is 208 g/mol. The fourth-order valence-corrected chi connectivity index (χ4v) is 1.24. The van der Waals surface area contributed by atoms with Crippen LogP contribution in [0.25, 0.3) is 0 Å². The number of nitrogens with zero attached hydrogens (tertiary/aromatic N) is 2. The molecule has 0 bridgehead atoms. The van der Waals surface area contributed by atoms with Gasteiger partial charge in [-0.15, -0.1) is 0 Å². The Kier molecular flexibility index (Phi) is 3.23. The van der Waals surface area contributed by atoms with E-state index in [4.69, 9.17) is 5.73 Å². The van der Waals surface area contributed by atoms with Gasteiger partial charge in [-0.25, -0.2) is 4.79 Å². The van der Waals surface area contributed by atoms with Gasteiger partial charge in [-0.2, -0.15) is 13.9 Å². The van der Waals surface area contributed by atoms with E-state index in [2.05, 4.69) is 9.84 Å². The summed E-state index contributed by atoms with van der Waals surface area (Å²) < 4.78 is 28.5. The topological polar surface area (TPSA) is 70.1 Å². The van der Waals surface area contributed by atoms with Crippen molar-refractivity contribution in [2.75, 3.05) is 5.73 Å². The highest BCUT2D eigenvalue weighted by molar-refractivity contribution is 5.93. The van der Waals surface area contributed by atoms with Crippen LogP contribution in [0.3, 0.4) is 0 Å². The van der Waals surface area contributed by atoms with Crippen LogP contribution in [0.1, 0.15) is 23.1 Å². The van der Waals surface area contributed by atoms with Gasteiger partial charge in [-0.3, -0.25) is 4.68 Å². The van der Waals surface area contributed by atoms with Crippen molar-refractivity contribution in [2.45, 2.75) is 20.0 Å². The van der Waals surface area contributed by atoms with Gasteiger partial charge in [0.2, 0.25) is 0 Å². The first kappa shape index (κ1) is 11.4. The van der Waals surface area contributed by atoms with Crippen molar-refractivity contribution in [2.24, 2.45) is 7.05 Å². The number of ether oxygens (including phenoxy) is 1. The summed E-state index contributed by atoms with van der Waals surface area (Å²) in [6.07, 6.45) is 0.516. The third kappa shape index (κ3) is 2.23. The summed E-state index contributed by atoms with van der Waals surface area (Å²) in [5.74, 6) is -1.17. The van der Waals surface area contributed by atoms with Crippen molar-refractivity contribution in [3.05, 3.63) is 11.4 Å². The highest BCUT2D eigenvalue weighted by Gasteiger charge is 2.22. The van der Waals surface area contributed by atoms with Crippen LogP contribution in [-0.2, 0) is 18.2 Å². The number of halogens is 2. The van der Waals surface area contributed by atoms with Crippen LogP contribution in [0.2, 0.25) is 0 Å². The Hall–Kier alpha value is -1.66. The van der Waals surface area contributed by atoms with E-state index in [1.54, 1.807) is 6.92 Å². The number of aryl methyl sites for hydroxylation is 2. The SMILES string of the molecule is CCc1nn(C)c(C(=O)OC(F)F)c1N. The second-order valence-electron chi connectivity index (χ2n) is 2.85. The van der Waals surface area contributed by atoms with Crippen LogP contribution in [0, 0.1) is 0 Å². The molecule has 7 heteroatoms. The van der Waals surface area contributed by atoms with Gasteiger partial charge in [-0.1, -0.05) is 6.92 Å². The molecule has 0 saturated heterocycles. The molecular formula is C8H11F2N3O2. The molecule has 5 nitrogen and oxygen atoms in total. The predicted molar refractivity (Wildman–Crippen MR) is 48.4 cm³/mol. The highest BCUT2D eigenvalue weighted by Crippen LogP contribution is 2.18. The number of hydrogen-bond acceptors (Lipinski definition) is 4. The summed E-state index contributed by atoms with van der Waals surface area (Å²) in [5.41, 5.74) is 5.99. The van der Waals surface area contributed by atoms with E-state index < -0.39 is 12.6 Å². The molecule has 0 amide bonds. The van der Waals surface area contributed by atoms with E-state index in [1.807, 2.05) is 0 Å². The number of nitrogens with two attached hydrogens (primary N) is 1. The van der Waals surface area contributed by atoms with Gasteiger partial charge in [0, 0.05) is 7.05 Å². The summed E-state index contributed by atoms with van der Waals surface area (Å²) in [7, 11) is 1.44. The molecule has 0 unspecified atom stereocenters. The zero-order valence-electron chi connectivity index (χ0n) is 8.33. The van der Waals surface area contributed by atoms with Crippen molar-refractivity contribution in [1.29, 1.82) is 0 Å². The standard InChI is InChI=1S/C8H11F2N3O2/c1-3-4-5(11)6(13(2)12-4)7(14)15-8(9)10/h8H,3,11H2,1-2H3. The van der Waals surface area contributed by atoms with Gasteiger partial charge in [0.15, 0.2) is 5.69 Å². The highest BCUT2D eigenvalue weighted by atomic mass is 19.3. The van der Waals surface area contributed by atoms with Crippen LogP contribution >= 0.6 is 0 Å². The van der Waals surface area contributed by atoms with Gasteiger partial charge in [0.1, 0.15) is 0 Å². The van der Waals surface area contributed by atoms with Crippen molar-refractivity contribution in [1.82, 2.24) is 9.78 Å². The molecule has 0 atom stereocenters. The number of carbonyl (C=O) groups excluding carboxylic acids is 1. The normalized spacial score (nSPS) is 10.7. The number of hydrogen-bond donors (Lipinski definition) is 1. The molecule has 1 aromatic heterocycles. The molecule has 1 heterocycles. The van der Waals surface area contributed by atoms with Gasteiger partial charge in [0.25, 0.3) is 0 Å². The van der Waals surface area contributed by atoms with Crippen molar-refractivity contribution >= 4 is 11.7 Å². The molecule has 0 aliphatic heterocycles. The Labute approximate surface area is 84.8 Å². The quantitative estimate of drug-likeness (QED) is 0.768. The molecule has 0 aromatic carbocycles. The Morgan fingerprint density at radius 1 is 1.67 bits per heavy atom. The summed E-state index contributed by atoms with van der Waals surface area (Å²) in [6.45, 7) is -1.36. The van der Waals surface area contributed by atoms with E-state index in [9.17, 15) is 13.6 Å². The van der Waals surface area contributed by atoms with E-state index >= 15 is 0 Å². The first-order chi connectivity index (χ1) is 6.97. The van der Waals surface area contributed by atoms with Crippen LogP contribution in [0.5, 0.6) is 0 Å². The van der Waals surface area contributed by atoms with E-state index in [-0.39, 0.29) is 11.4 Å². The maximum absolute atomic E-state index is 11.8. The Morgan fingerprint density at radius 3 is 2.67 bits per heavy atom. The maximum atomic E-state index is 11.8. The lowest BCUT2D eigenvalue weighted by molar-refractivity contribution is -0.0911. The molecule has 0 saturated carbocycles. The average molecular weight is 219 g/mol. The first-order valence-corrected chi connectivity index (χ1v) is 4.27. The second kappa shape index (κ2) is 4.24. The van der Waals surface area contributed by atoms with Crippen LogP contribution < -0.4 is 5.73 Å². The molecule has 0 fully saturated rings. The lowest BCUT2D eigenvalue weighted by Crippen LogP contribution is -2.15. The number of nitrogen functional groups attached to an aromatic ring is 1. The van der Waals surface area contributed by atoms with Crippen molar-refractivity contribution in [3.63, 3.8) is 0 Å². The molecule has 1 rings (SSSR count). The number of rotatable bonds is 3. The minimum atomic E-state index is -3.16. The monoisotopic (exact) mass is 219 g/mol. The number of aromatic nitrogens is 2. The van der Waals surface area contributed by atoms with E-state index in [0.717, 1.165) is 4.68 Å². The maximum Gasteiger partial charge on any atom is 0.389 e. The summed E-state index contributed by atoms with van der Waals surface area (Å²) in [6, 6.07) is 0. The van der Waals surface area contributed by atoms with Crippen LogP contribution in [0.15, 0.2) is 0 Å². The predicted octanol–water partition coefficient (Wildman–Crippen LogP) is 0.944. The van der Waals surface area contributed by atoms with Gasteiger partial charge < -0.3 is 10.5 Å². The largest absolute Gasteiger partial charge is 0.398 e. The molecule has 1 aromatic rings. The number of carbonyl (C=O) groups is 1. The number of anilines is 1. The Morgan fingerprint density at radius 2 is 2.27 bits per heavy atom. The molecule has 2 N–H and O–H groups in total. The van der Waals surface area contributed by atoms with E-state index in [0.29, 0.717) is 12.1 Å². The Balaban J connectivity index is 3.03. The third-order valence-electron chi connectivity index (χ3n) is 1.88. The third-order valence-corrected chi connectivity index (χ3v) is 1.88. The minimum Gasteiger partial charge on any atom is -0.398 e. The summed E-state index contributed by atoms with van der Waals surface area (Å²) >= 11 is 0. The summed E-state index contributed by atoms with van der Waals surface area (Å²) in [4.78, 5) is 11.2. The molecule has 0 radical (unpaired) electrons. The minimum absolute atomic E-state index is 0.0886. The molecule has 84 valence electrons. The smallest absolute Gasteiger partial charge is 0.389 e. The van der Waals surface area contributed by atoms with Gasteiger partial charge in [-0.05, 0) is 6.42 Å². The Bertz CT molecular complexity index is 376. The molecule has 15 heavy (non-hydrogen) atoms. The molecule has 0 aliphatic carbocycles. The zero-order chi connectivity index (χ0) is 11.6. The van der Waals surface area contributed by atoms with Crippen molar-refractivity contribution < 1.29 is 18.3 Å². The van der Waals surface area contributed by atoms with Crippen LogP contribution in [-0.4, -0.2) is 22.4 Å². The zero-order valence-corrected chi connectivity index (χ0v) is 8.33. The molecule has 0 spiro atoms. The lowest BCUT2D eigenvalue weighted by atomic mass is 10.2. The average Bonchev–Trinajstić information content (AvgIpc) is 2.40.